The molecule has 0 aromatic heterocycles. The van der Waals surface area contributed by atoms with E-state index >= 15 is 0 Å². The van der Waals surface area contributed by atoms with Crippen LogP contribution in [0, 0.1) is 35.6 Å². The van der Waals surface area contributed by atoms with E-state index in [9.17, 15) is 0 Å². The van der Waals surface area contributed by atoms with Gasteiger partial charge >= 0.3 is 26.0 Å². The summed E-state index contributed by atoms with van der Waals surface area (Å²) in [4.78, 5) is 0. The zero-order chi connectivity index (χ0) is 2.00. The maximum absolute atomic E-state index is 8.34. The summed E-state index contributed by atoms with van der Waals surface area (Å²) in [6, 6.07) is 0. The Bertz CT molecular complexity index is 8.00. The second-order valence-corrected chi connectivity index (χ2v) is 0. The Labute approximate surface area is 77.0 Å². The van der Waals surface area contributed by atoms with Gasteiger partial charge in [0.2, 0.25) is 0 Å². The topological polar surface area (TPSA) is 17.1 Å². The van der Waals surface area contributed by atoms with Gasteiger partial charge in [-0.05, 0) is 0 Å². The van der Waals surface area contributed by atoms with Gasteiger partial charge in [0.15, 0.2) is 0 Å². The van der Waals surface area contributed by atoms with Crippen LogP contribution in [0.2, 0.25) is 0 Å². The van der Waals surface area contributed by atoms with Crippen molar-refractivity contribution in [2.75, 3.05) is 0 Å². The maximum atomic E-state index is 8.34. The van der Waals surface area contributed by atoms with Gasteiger partial charge in [-0.3, -0.25) is 0 Å². The molecule has 0 spiro atoms. The Morgan fingerprint density at radius 1 is 1.25 bits per heavy atom. The van der Waals surface area contributed by atoms with Gasteiger partial charge in [0, 0.05) is 52.4 Å². The molecule has 0 amide bonds. The molecule has 0 aromatic carbocycles. The van der Waals surface area contributed by atoms with Crippen molar-refractivity contribution in [2.45, 2.75) is 0 Å². The molecule has 0 aliphatic heterocycles. The quantitative estimate of drug-likeness (QED) is 0.531. The van der Waals surface area contributed by atoms with Crippen molar-refractivity contribution >= 4 is 23.0 Å². The fraction of sp³-hybridized carbons (Fsp3) is 0. The number of hydrogen-bond acceptors (Lipinski definition) is 1. The SMILES string of the molecule is [Co].[La].[O]=[SbH]. The predicted molar refractivity (Wildman–Crippen MR) is 7.84 cm³/mol. The molecule has 0 rings (SSSR count). The van der Waals surface area contributed by atoms with Crippen LogP contribution in [0.4, 0.5) is 0 Å². The van der Waals surface area contributed by atoms with Gasteiger partial charge in [0.25, 0.3) is 0 Å². The van der Waals surface area contributed by atoms with Crippen LogP contribution in [0.25, 0.3) is 0 Å². The van der Waals surface area contributed by atoms with Gasteiger partial charge in [0.05, 0.1) is 0 Å². The Morgan fingerprint density at radius 2 is 1.25 bits per heavy atom. The molecule has 0 unspecified atom stereocenters. The summed E-state index contributed by atoms with van der Waals surface area (Å²) in [5.74, 6) is 0. The van der Waals surface area contributed by atoms with E-state index in [1.807, 2.05) is 0 Å². The second kappa shape index (κ2) is 18.4. The summed E-state index contributed by atoms with van der Waals surface area (Å²) in [6.07, 6.45) is 0. The summed E-state index contributed by atoms with van der Waals surface area (Å²) in [7, 11) is 0. The molecule has 4 heteroatoms. The fourth-order valence-corrected chi connectivity index (χ4v) is 0. The molecule has 0 bridgehead atoms. The normalized spacial score (nSPS) is 1.00. The van der Waals surface area contributed by atoms with Gasteiger partial charge in [-0.25, -0.2) is 0 Å². The molecule has 0 heterocycles. The average Bonchev–Trinajstić information content (AvgIpc) is 1.00. The summed E-state index contributed by atoms with van der Waals surface area (Å²) in [5, 5.41) is 0. The van der Waals surface area contributed by atoms with Crippen LogP contribution < -0.4 is 0 Å². The van der Waals surface area contributed by atoms with Crippen LogP contribution in [0.15, 0.2) is 0 Å². The standard InChI is InChI=1S/Co.La.O.Sb.H. The molecule has 0 aliphatic carbocycles. The van der Waals surface area contributed by atoms with Crippen LogP contribution in [-0.4, -0.2) is 23.0 Å². The molecule has 2 radical (unpaired) electrons. The molecule has 1 nitrogen and oxygen atoms in total. The van der Waals surface area contributed by atoms with E-state index in [0.717, 1.165) is 0 Å². The monoisotopic (exact) mass is 336 g/mol. The average molecular weight is 337 g/mol. The summed E-state index contributed by atoms with van der Waals surface area (Å²) >= 11 is 0.300. The molecule has 0 aromatic rings. The molecule has 0 N–H and O–H groups in total. The van der Waals surface area contributed by atoms with E-state index in [0.29, 0.717) is 23.0 Å². The third-order valence-electron chi connectivity index (χ3n) is 0. The van der Waals surface area contributed by atoms with Gasteiger partial charge in [-0.2, -0.15) is 0 Å². The zero-order valence-electron chi connectivity index (χ0n) is 1.82. The fourth-order valence-electron chi connectivity index (χ4n) is 0. The van der Waals surface area contributed by atoms with Crippen LogP contribution in [-0.2, 0) is 19.8 Å². The van der Waals surface area contributed by atoms with Crippen molar-refractivity contribution in [1.82, 2.24) is 0 Å². The Morgan fingerprint density at radius 3 is 1.25 bits per heavy atom. The van der Waals surface area contributed by atoms with E-state index < -0.39 is 0 Å². The first-order chi connectivity index (χ1) is 1.00. The Balaban J connectivity index is -0.00000000500. The Kier molecular flexibility index (Phi) is 74.8. The van der Waals surface area contributed by atoms with Crippen LogP contribution >= 0.6 is 0 Å². The molecule has 0 atom stereocenters. The molecule has 0 aliphatic rings. The van der Waals surface area contributed by atoms with E-state index in [2.05, 4.69) is 0 Å². The van der Waals surface area contributed by atoms with Crippen molar-refractivity contribution in [2.24, 2.45) is 0 Å². The van der Waals surface area contributed by atoms with Crippen molar-refractivity contribution in [3.05, 3.63) is 0 Å². The van der Waals surface area contributed by atoms with E-state index in [4.69, 9.17) is 3.02 Å². The molecular formula is HCoLaOSb. The van der Waals surface area contributed by atoms with Crippen LogP contribution in [0.3, 0.4) is 0 Å². The first-order valence-electron chi connectivity index (χ1n) is 0.204. The molecule has 0 fully saturated rings. The Hall–Kier alpha value is 2.32. The van der Waals surface area contributed by atoms with Crippen molar-refractivity contribution in [1.29, 1.82) is 0 Å². The summed E-state index contributed by atoms with van der Waals surface area (Å²) < 4.78 is 8.34. The minimum atomic E-state index is 0. The third-order valence-corrected chi connectivity index (χ3v) is 0. The van der Waals surface area contributed by atoms with Gasteiger partial charge in [-0.1, -0.05) is 0 Å². The van der Waals surface area contributed by atoms with Crippen molar-refractivity contribution in [3.63, 3.8) is 0 Å². The van der Waals surface area contributed by atoms with Gasteiger partial charge < -0.3 is 0 Å². The summed E-state index contributed by atoms with van der Waals surface area (Å²) in [5.41, 5.74) is 0. The molecule has 4 heavy (non-hydrogen) atoms. The first kappa shape index (κ1) is 16.2. The molecule has 24 valence electrons. The molecule has 0 saturated carbocycles. The minimum absolute atomic E-state index is 0. The van der Waals surface area contributed by atoms with E-state index in [1.165, 1.54) is 0 Å². The van der Waals surface area contributed by atoms with Gasteiger partial charge in [0.1, 0.15) is 0 Å². The second-order valence-electron chi connectivity index (χ2n) is 0. The van der Waals surface area contributed by atoms with Crippen LogP contribution in [0.5, 0.6) is 0 Å². The van der Waals surface area contributed by atoms with Gasteiger partial charge in [-0.15, -0.1) is 0 Å². The summed E-state index contributed by atoms with van der Waals surface area (Å²) in [6.45, 7) is 0. The van der Waals surface area contributed by atoms with Crippen molar-refractivity contribution in [3.8, 4) is 0 Å². The van der Waals surface area contributed by atoms with E-state index in [-0.39, 0.29) is 52.4 Å². The predicted octanol–water partition coefficient (Wildman–Crippen LogP) is -0.770. The number of rotatable bonds is 0. The molecular weight excluding hydrogens is 336 g/mol. The van der Waals surface area contributed by atoms with Crippen molar-refractivity contribution < 1.29 is 55.4 Å². The first-order valence-corrected chi connectivity index (χ1v) is 1.37. The van der Waals surface area contributed by atoms with E-state index in [1.54, 1.807) is 0 Å². The zero-order valence-corrected chi connectivity index (χ0v) is 9.34. The number of hydrogen-bond donors (Lipinski definition) is 0. The third kappa shape index (κ3) is 8.85. The van der Waals surface area contributed by atoms with Crippen LogP contribution in [0.1, 0.15) is 0 Å². The molecule has 0 saturated heterocycles.